The number of fused-ring (bicyclic) bond motifs is 12. The van der Waals surface area contributed by atoms with Crippen LogP contribution in [0, 0.1) is 0 Å². The van der Waals surface area contributed by atoms with Gasteiger partial charge < -0.3 is 9.80 Å². The van der Waals surface area contributed by atoms with Crippen molar-refractivity contribution in [2.45, 2.75) is 0 Å². The molecule has 1 aliphatic carbocycles. The monoisotopic (exact) mass is 798 g/mol. The van der Waals surface area contributed by atoms with Crippen LogP contribution < -0.4 is 9.80 Å². The molecule has 2 heterocycles. The molecule has 0 aliphatic heterocycles. The third-order valence-corrected chi connectivity index (χ3v) is 14.6. The van der Waals surface area contributed by atoms with Gasteiger partial charge >= 0.3 is 0 Å². The van der Waals surface area contributed by atoms with Gasteiger partial charge in [0, 0.05) is 74.5 Å². The lowest BCUT2D eigenvalue weighted by Crippen LogP contribution is -2.10. The smallest absolute Gasteiger partial charge is 0.0468 e. The van der Waals surface area contributed by atoms with E-state index in [4.69, 9.17) is 0 Å². The molecule has 280 valence electrons. The molecule has 0 saturated heterocycles. The topological polar surface area (TPSA) is 6.48 Å². The average molecular weight is 799 g/mol. The highest BCUT2D eigenvalue weighted by Gasteiger charge is 2.25. The molecular formula is C56H34N2S2. The average Bonchev–Trinajstić information content (AvgIpc) is 3.87. The molecule has 0 saturated carbocycles. The molecule has 4 heteroatoms. The van der Waals surface area contributed by atoms with Crippen molar-refractivity contribution in [1.82, 2.24) is 0 Å². The van der Waals surface area contributed by atoms with Gasteiger partial charge in [-0.2, -0.15) is 0 Å². The van der Waals surface area contributed by atoms with Crippen LogP contribution in [0.1, 0.15) is 0 Å². The van der Waals surface area contributed by atoms with Gasteiger partial charge in [-0.1, -0.05) is 84.9 Å². The van der Waals surface area contributed by atoms with E-state index in [9.17, 15) is 0 Å². The highest BCUT2D eigenvalue weighted by Crippen LogP contribution is 2.52. The fourth-order valence-electron chi connectivity index (χ4n) is 9.43. The molecule has 10 aromatic carbocycles. The summed E-state index contributed by atoms with van der Waals surface area (Å²) in [6.07, 6.45) is 0. The highest BCUT2D eigenvalue weighted by atomic mass is 32.1. The van der Waals surface area contributed by atoms with Gasteiger partial charge in [-0.15, -0.1) is 22.7 Å². The largest absolute Gasteiger partial charge is 0.310 e. The number of benzene rings is 10. The van der Waals surface area contributed by atoms with Crippen LogP contribution in [0.25, 0.3) is 84.1 Å². The number of hydrogen-bond donors (Lipinski definition) is 0. The molecular weight excluding hydrogens is 765 g/mol. The lowest BCUT2D eigenvalue weighted by Gasteiger charge is -2.28. The van der Waals surface area contributed by atoms with Gasteiger partial charge in [0.15, 0.2) is 0 Å². The summed E-state index contributed by atoms with van der Waals surface area (Å²) in [5.41, 5.74) is 12.2. The third-order valence-electron chi connectivity index (χ3n) is 12.3. The van der Waals surface area contributed by atoms with E-state index < -0.39 is 0 Å². The zero-order valence-electron chi connectivity index (χ0n) is 32.3. The maximum atomic E-state index is 2.40. The Labute approximate surface area is 355 Å². The van der Waals surface area contributed by atoms with Crippen LogP contribution in [-0.2, 0) is 0 Å². The molecule has 0 radical (unpaired) electrons. The van der Waals surface area contributed by atoms with E-state index in [0.717, 1.165) is 34.1 Å². The summed E-state index contributed by atoms with van der Waals surface area (Å²) < 4.78 is 5.27. The SMILES string of the molecule is c1ccc(N(c2ccc3cc4c(cc3c2)-c2cc3ccc(N(c5ccccc5)c5ccc6sc7ccccc7c6c5)cc3cc2-4)c2ccc3sc4ccccc4c3c2)cc1. The molecule has 2 nitrogen and oxygen atoms in total. The highest BCUT2D eigenvalue weighted by molar-refractivity contribution is 7.26. The second-order valence-electron chi connectivity index (χ2n) is 15.8. The van der Waals surface area contributed by atoms with E-state index in [0.29, 0.717) is 0 Å². The fourth-order valence-corrected chi connectivity index (χ4v) is 11.6. The van der Waals surface area contributed by atoms with Crippen LogP contribution in [0.5, 0.6) is 0 Å². The van der Waals surface area contributed by atoms with E-state index in [1.54, 1.807) is 0 Å². The number of rotatable bonds is 6. The summed E-state index contributed by atoms with van der Waals surface area (Å²) in [7, 11) is 0. The van der Waals surface area contributed by atoms with Gasteiger partial charge in [-0.05, 0) is 165 Å². The van der Waals surface area contributed by atoms with Crippen molar-refractivity contribution in [2.24, 2.45) is 0 Å². The summed E-state index contributed by atoms with van der Waals surface area (Å²) in [5.74, 6) is 0. The molecule has 0 fully saturated rings. The van der Waals surface area contributed by atoms with Gasteiger partial charge in [0.05, 0.1) is 0 Å². The Balaban J connectivity index is 0.891. The number of nitrogens with zero attached hydrogens (tertiary/aromatic N) is 2. The maximum absolute atomic E-state index is 2.40. The van der Waals surface area contributed by atoms with E-state index in [1.807, 2.05) is 22.7 Å². The Morgan fingerprint density at radius 2 is 0.583 bits per heavy atom. The first-order valence-electron chi connectivity index (χ1n) is 20.4. The minimum atomic E-state index is 1.14. The molecule has 0 bridgehead atoms. The van der Waals surface area contributed by atoms with E-state index >= 15 is 0 Å². The standard InChI is InChI=1S/C56H34N2S2/c1-3-11-39(12-4-1)57(43-23-25-55-51(33-43)45-15-7-9-17-53(45)59-55)41-21-19-35-29-47-49(31-37(35)27-41)48-30-36-20-22-42(28-38(36)32-50(47)48)58(40-13-5-2-6-14-40)44-24-26-56-52(34-44)46-16-8-10-18-54(46)60-56/h1-34H. The predicted molar refractivity (Wildman–Crippen MR) is 261 cm³/mol. The van der Waals surface area contributed by atoms with Crippen molar-refractivity contribution < 1.29 is 0 Å². The predicted octanol–water partition coefficient (Wildman–Crippen LogP) is 17.3. The Morgan fingerprint density at radius 1 is 0.233 bits per heavy atom. The van der Waals surface area contributed by atoms with Crippen LogP contribution >= 0.6 is 22.7 Å². The van der Waals surface area contributed by atoms with Gasteiger partial charge in [0.25, 0.3) is 0 Å². The first-order chi connectivity index (χ1) is 29.7. The number of anilines is 6. The zero-order valence-corrected chi connectivity index (χ0v) is 34.0. The van der Waals surface area contributed by atoms with Crippen molar-refractivity contribution in [3.63, 3.8) is 0 Å². The van der Waals surface area contributed by atoms with Gasteiger partial charge in [0.1, 0.15) is 0 Å². The molecule has 0 spiro atoms. The number of thiophene rings is 2. The van der Waals surface area contributed by atoms with Crippen LogP contribution in [0.3, 0.4) is 0 Å². The second kappa shape index (κ2) is 13.1. The van der Waals surface area contributed by atoms with E-state index in [2.05, 4.69) is 216 Å². The molecule has 0 unspecified atom stereocenters. The van der Waals surface area contributed by atoms with Crippen LogP contribution in [0.2, 0.25) is 0 Å². The minimum absolute atomic E-state index is 1.14. The number of para-hydroxylation sites is 2. The quantitative estimate of drug-likeness (QED) is 0.165. The van der Waals surface area contributed by atoms with E-state index in [-0.39, 0.29) is 0 Å². The van der Waals surface area contributed by atoms with Crippen LogP contribution in [-0.4, -0.2) is 0 Å². The fraction of sp³-hybridized carbons (Fsp3) is 0. The third kappa shape index (κ3) is 5.25. The molecule has 0 amide bonds. The lowest BCUT2D eigenvalue weighted by molar-refractivity contribution is 1.29. The molecule has 0 N–H and O–H groups in total. The molecule has 12 aromatic rings. The Bertz CT molecular complexity index is 3420. The molecule has 0 atom stereocenters. The lowest BCUT2D eigenvalue weighted by atomic mass is 9.78. The summed E-state index contributed by atoms with van der Waals surface area (Å²) in [6.45, 7) is 0. The molecule has 13 rings (SSSR count). The molecule has 60 heavy (non-hydrogen) atoms. The second-order valence-corrected chi connectivity index (χ2v) is 17.9. The van der Waals surface area contributed by atoms with Gasteiger partial charge in [-0.3, -0.25) is 0 Å². The van der Waals surface area contributed by atoms with Crippen molar-refractivity contribution in [2.75, 3.05) is 9.80 Å². The van der Waals surface area contributed by atoms with Crippen molar-refractivity contribution in [3.8, 4) is 22.3 Å². The minimum Gasteiger partial charge on any atom is -0.310 e. The Hall–Kier alpha value is -7.24. The summed E-state index contributed by atoms with van der Waals surface area (Å²) in [5, 5.41) is 10.2. The Morgan fingerprint density at radius 3 is 1.03 bits per heavy atom. The van der Waals surface area contributed by atoms with Gasteiger partial charge in [-0.25, -0.2) is 0 Å². The maximum Gasteiger partial charge on any atom is 0.0468 e. The summed E-state index contributed by atoms with van der Waals surface area (Å²) in [6, 6.07) is 76.2. The van der Waals surface area contributed by atoms with Crippen LogP contribution in [0.4, 0.5) is 34.1 Å². The number of hydrogen-bond acceptors (Lipinski definition) is 4. The van der Waals surface area contributed by atoms with Gasteiger partial charge in [0.2, 0.25) is 0 Å². The summed E-state index contributed by atoms with van der Waals surface area (Å²) >= 11 is 3.72. The van der Waals surface area contributed by atoms with Crippen molar-refractivity contribution >= 4 is 119 Å². The first kappa shape index (κ1) is 33.7. The summed E-state index contributed by atoms with van der Waals surface area (Å²) in [4.78, 5) is 4.78. The van der Waals surface area contributed by atoms with Crippen LogP contribution in [0.15, 0.2) is 206 Å². The molecule has 1 aliphatic rings. The Kier molecular flexibility index (Phi) is 7.38. The van der Waals surface area contributed by atoms with E-state index in [1.165, 1.54) is 84.1 Å². The normalized spacial score (nSPS) is 12.0. The van der Waals surface area contributed by atoms with Crippen molar-refractivity contribution in [3.05, 3.63) is 206 Å². The molecule has 2 aromatic heterocycles. The van der Waals surface area contributed by atoms with Crippen molar-refractivity contribution in [1.29, 1.82) is 0 Å². The zero-order chi connectivity index (χ0) is 39.3. The first-order valence-corrected chi connectivity index (χ1v) is 22.0.